The van der Waals surface area contributed by atoms with Crippen LogP contribution in [0.1, 0.15) is 26.2 Å². The van der Waals surface area contributed by atoms with Crippen LogP contribution in [-0.2, 0) is 0 Å². The molecule has 2 aromatic rings. The largest absolute Gasteiger partial charge is 0.351 e. The summed E-state index contributed by atoms with van der Waals surface area (Å²) in [6, 6.07) is 8.62. The van der Waals surface area contributed by atoms with E-state index in [2.05, 4.69) is 22.1 Å². The number of anilines is 1. The van der Waals surface area contributed by atoms with Gasteiger partial charge in [0.2, 0.25) is 0 Å². The quantitative estimate of drug-likeness (QED) is 0.927. The minimum Gasteiger partial charge on any atom is -0.351 e. The number of hydrogen-bond acceptors (Lipinski definition) is 4. The molecule has 0 saturated carbocycles. The molecule has 1 aliphatic rings. The van der Waals surface area contributed by atoms with Gasteiger partial charge in [0.25, 0.3) is 0 Å². The molecule has 106 valence electrons. The van der Waals surface area contributed by atoms with Crippen LogP contribution in [0.2, 0.25) is 0 Å². The summed E-state index contributed by atoms with van der Waals surface area (Å²) in [6.45, 7) is 5.30. The fraction of sp³-hybridized carbons (Fsp3) is 0.500. The van der Waals surface area contributed by atoms with E-state index < -0.39 is 0 Å². The molecule has 2 heterocycles. The second-order valence-corrected chi connectivity index (χ2v) is 5.37. The van der Waals surface area contributed by atoms with Crippen molar-refractivity contribution in [3.63, 3.8) is 0 Å². The van der Waals surface area contributed by atoms with Gasteiger partial charge in [-0.05, 0) is 37.9 Å². The average molecular weight is 270 g/mol. The Bertz CT molecular complexity index is 569. The van der Waals surface area contributed by atoms with Crippen LogP contribution in [0.3, 0.4) is 0 Å². The number of piperidine rings is 1. The van der Waals surface area contributed by atoms with E-state index in [0.717, 1.165) is 36.5 Å². The Kier molecular flexibility index (Phi) is 4.11. The third-order valence-electron chi connectivity index (χ3n) is 3.99. The van der Waals surface area contributed by atoms with Gasteiger partial charge in [-0.2, -0.15) is 0 Å². The molecule has 4 nitrogen and oxygen atoms in total. The predicted molar refractivity (Wildman–Crippen MR) is 83.1 cm³/mol. The van der Waals surface area contributed by atoms with Crippen molar-refractivity contribution in [2.24, 2.45) is 0 Å². The Balaban J connectivity index is 1.86. The van der Waals surface area contributed by atoms with Crippen LogP contribution in [0.25, 0.3) is 11.0 Å². The number of hydrogen-bond donors (Lipinski definition) is 1. The highest BCUT2D eigenvalue weighted by Gasteiger charge is 2.23. The molecule has 0 aliphatic carbocycles. The third kappa shape index (κ3) is 2.75. The number of benzene rings is 1. The predicted octanol–water partition coefficient (Wildman–Crippen LogP) is 2.60. The smallest absolute Gasteiger partial charge is 0.148 e. The van der Waals surface area contributed by atoms with Crippen molar-refractivity contribution in [1.29, 1.82) is 0 Å². The minimum atomic E-state index is 0.541. The number of para-hydroxylation sites is 2. The van der Waals surface area contributed by atoms with E-state index in [-0.39, 0.29) is 0 Å². The lowest BCUT2D eigenvalue weighted by Crippen LogP contribution is -2.46. The molecule has 1 aliphatic heterocycles. The Labute approximate surface area is 120 Å². The van der Waals surface area contributed by atoms with Crippen molar-refractivity contribution in [1.82, 2.24) is 15.3 Å². The lowest BCUT2D eigenvalue weighted by Gasteiger charge is -2.36. The minimum absolute atomic E-state index is 0.541. The summed E-state index contributed by atoms with van der Waals surface area (Å²) in [5.74, 6) is 1.02. The molecule has 20 heavy (non-hydrogen) atoms. The van der Waals surface area contributed by atoms with E-state index in [1.54, 1.807) is 0 Å². The number of rotatable bonds is 4. The van der Waals surface area contributed by atoms with Gasteiger partial charge < -0.3 is 10.2 Å². The van der Waals surface area contributed by atoms with Gasteiger partial charge in [0.05, 0.1) is 17.2 Å². The van der Waals surface area contributed by atoms with Crippen LogP contribution in [0.15, 0.2) is 30.5 Å². The molecule has 0 amide bonds. The first-order valence-corrected chi connectivity index (χ1v) is 7.57. The highest BCUT2D eigenvalue weighted by atomic mass is 15.2. The number of fused-ring (bicyclic) bond motifs is 1. The first-order chi connectivity index (χ1) is 9.88. The van der Waals surface area contributed by atoms with E-state index in [0.29, 0.717) is 6.04 Å². The Hall–Kier alpha value is -1.68. The molecule has 0 spiro atoms. The second kappa shape index (κ2) is 6.18. The molecule has 1 saturated heterocycles. The Morgan fingerprint density at radius 1 is 1.25 bits per heavy atom. The summed E-state index contributed by atoms with van der Waals surface area (Å²) in [6.07, 6.45) is 5.72. The van der Waals surface area contributed by atoms with Crippen LogP contribution in [0, 0.1) is 0 Å². The maximum atomic E-state index is 4.79. The Morgan fingerprint density at radius 2 is 2.10 bits per heavy atom. The van der Waals surface area contributed by atoms with Gasteiger partial charge in [-0.15, -0.1) is 0 Å². The van der Waals surface area contributed by atoms with E-state index in [4.69, 9.17) is 4.98 Å². The van der Waals surface area contributed by atoms with Crippen LogP contribution in [0.4, 0.5) is 5.82 Å². The molecular formula is C16H22N4. The first kappa shape index (κ1) is 13.3. The fourth-order valence-corrected chi connectivity index (χ4v) is 2.91. The van der Waals surface area contributed by atoms with E-state index in [1.165, 1.54) is 19.3 Å². The molecule has 1 atom stereocenters. The molecule has 1 unspecified atom stereocenters. The maximum Gasteiger partial charge on any atom is 0.148 e. The number of nitrogens with one attached hydrogen (secondary N) is 1. The molecule has 1 aromatic heterocycles. The van der Waals surface area contributed by atoms with Crippen LogP contribution in [-0.4, -0.2) is 35.6 Å². The first-order valence-electron chi connectivity index (χ1n) is 7.57. The fourth-order valence-electron chi connectivity index (χ4n) is 2.91. The van der Waals surface area contributed by atoms with E-state index in [9.17, 15) is 0 Å². The highest BCUT2D eigenvalue weighted by molar-refractivity contribution is 5.75. The van der Waals surface area contributed by atoms with Gasteiger partial charge >= 0.3 is 0 Å². The monoisotopic (exact) mass is 270 g/mol. The molecule has 0 bridgehead atoms. The summed E-state index contributed by atoms with van der Waals surface area (Å²) >= 11 is 0. The molecular weight excluding hydrogens is 248 g/mol. The third-order valence-corrected chi connectivity index (χ3v) is 3.99. The van der Waals surface area contributed by atoms with E-state index >= 15 is 0 Å². The molecule has 1 fully saturated rings. The summed E-state index contributed by atoms with van der Waals surface area (Å²) in [7, 11) is 0. The zero-order valence-electron chi connectivity index (χ0n) is 12.0. The molecule has 4 heteroatoms. The molecule has 0 radical (unpaired) electrons. The van der Waals surface area contributed by atoms with Crippen LogP contribution >= 0.6 is 0 Å². The zero-order chi connectivity index (χ0) is 13.8. The summed E-state index contributed by atoms with van der Waals surface area (Å²) in [4.78, 5) is 11.8. The van der Waals surface area contributed by atoms with Crippen LogP contribution in [0.5, 0.6) is 0 Å². The molecule has 1 aromatic carbocycles. The van der Waals surface area contributed by atoms with Crippen molar-refractivity contribution < 1.29 is 0 Å². The maximum absolute atomic E-state index is 4.79. The van der Waals surface area contributed by atoms with Crippen molar-refractivity contribution in [2.45, 2.75) is 32.2 Å². The summed E-state index contributed by atoms with van der Waals surface area (Å²) in [5.41, 5.74) is 1.95. The summed E-state index contributed by atoms with van der Waals surface area (Å²) in [5, 5.41) is 3.47. The average Bonchev–Trinajstić information content (AvgIpc) is 2.53. The molecule has 3 rings (SSSR count). The SMILES string of the molecule is CCNCC1CCCCN1c1cnc2ccccc2n1. The number of likely N-dealkylation sites (N-methyl/N-ethyl adjacent to an activating group) is 1. The summed E-state index contributed by atoms with van der Waals surface area (Å²) < 4.78 is 0. The number of aromatic nitrogens is 2. The van der Waals surface area contributed by atoms with Crippen molar-refractivity contribution in [2.75, 3.05) is 24.5 Å². The van der Waals surface area contributed by atoms with E-state index in [1.807, 2.05) is 30.5 Å². The Morgan fingerprint density at radius 3 is 2.95 bits per heavy atom. The van der Waals surface area contributed by atoms with Gasteiger partial charge in [-0.25, -0.2) is 4.98 Å². The highest BCUT2D eigenvalue weighted by Crippen LogP contribution is 2.23. The van der Waals surface area contributed by atoms with Gasteiger partial charge in [0.1, 0.15) is 5.82 Å². The van der Waals surface area contributed by atoms with Crippen molar-refractivity contribution >= 4 is 16.9 Å². The van der Waals surface area contributed by atoms with Gasteiger partial charge in [-0.1, -0.05) is 19.1 Å². The van der Waals surface area contributed by atoms with Crippen molar-refractivity contribution in [3.8, 4) is 0 Å². The second-order valence-electron chi connectivity index (χ2n) is 5.37. The zero-order valence-corrected chi connectivity index (χ0v) is 12.0. The standard InChI is InChI=1S/C16H22N4/c1-2-17-11-13-7-5-6-10-20(13)16-12-18-14-8-3-4-9-15(14)19-16/h3-4,8-9,12-13,17H,2,5-7,10-11H2,1H3. The van der Waals surface area contributed by atoms with Gasteiger partial charge in [0.15, 0.2) is 0 Å². The van der Waals surface area contributed by atoms with Gasteiger partial charge in [0, 0.05) is 19.1 Å². The number of nitrogens with zero attached hydrogens (tertiary/aromatic N) is 3. The van der Waals surface area contributed by atoms with Gasteiger partial charge in [-0.3, -0.25) is 4.98 Å². The lowest BCUT2D eigenvalue weighted by atomic mass is 10.0. The normalized spacial score (nSPS) is 19.4. The lowest BCUT2D eigenvalue weighted by molar-refractivity contribution is 0.436. The van der Waals surface area contributed by atoms with Crippen molar-refractivity contribution in [3.05, 3.63) is 30.5 Å². The molecule has 1 N–H and O–H groups in total. The topological polar surface area (TPSA) is 41.0 Å². The van der Waals surface area contributed by atoms with Crippen LogP contribution < -0.4 is 10.2 Å².